The van der Waals surface area contributed by atoms with E-state index in [-0.39, 0.29) is 11.9 Å². The van der Waals surface area contributed by atoms with Gasteiger partial charge in [-0.1, -0.05) is 88.4 Å². The van der Waals surface area contributed by atoms with Gasteiger partial charge >= 0.3 is 5.97 Å². The minimum absolute atomic E-state index is 0.0155. The van der Waals surface area contributed by atoms with Crippen LogP contribution in [0.4, 0.5) is 0 Å². The molecule has 40 heavy (non-hydrogen) atoms. The first-order chi connectivity index (χ1) is 19.4. The summed E-state index contributed by atoms with van der Waals surface area (Å²) in [5.74, 6) is 3.01. The summed E-state index contributed by atoms with van der Waals surface area (Å²) in [6.45, 7) is 8.86. The molecule has 4 aromatic rings. The van der Waals surface area contributed by atoms with E-state index in [4.69, 9.17) is 9.47 Å². The Kier molecular flexibility index (Phi) is 7.31. The van der Waals surface area contributed by atoms with Crippen LogP contribution in [0, 0.1) is 17.8 Å². The lowest BCUT2D eigenvalue weighted by Crippen LogP contribution is -2.29. The van der Waals surface area contributed by atoms with Crippen LogP contribution < -0.4 is 4.74 Å². The SMILES string of the molecule is CCC(C)c1cccc2c(O)cccc12.CCC(C)c1cccc2c(OC(=O)C3CC4CC3C3OC43)cccc12. The first kappa shape index (κ1) is 26.8. The second-order valence-corrected chi connectivity index (χ2v) is 12.0. The third-order valence-corrected chi connectivity index (χ3v) is 9.74. The predicted octanol–water partition coefficient (Wildman–Crippen LogP) is 8.74. The largest absolute Gasteiger partial charge is 0.507 e. The highest BCUT2D eigenvalue weighted by Crippen LogP contribution is 2.59. The van der Waals surface area contributed by atoms with Crippen molar-refractivity contribution >= 4 is 27.5 Å². The van der Waals surface area contributed by atoms with Crippen LogP contribution in [0.5, 0.6) is 11.5 Å². The molecule has 208 valence electrons. The van der Waals surface area contributed by atoms with E-state index >= 15 is 0 Å². The van der Waals surface area contributed by atoms with Crippen molar-refractivity contribution < 1.29 is 19.4 Å². The number of benzene rings is 4. The summed E-state index contributed by atoms with van der Waals surface area (Å²) in [5, 5.41) is 14.1. The number of rotatable bonds is 6. The van der Waals surface area contributed by atoms with Gasteiger partial charge in [-0.05, 0) is 77.5 Å². The van der Waals surface area contributed by atoms with E-state index < -0.39 is 0 Å². The quantitative estimate of drug-likeness (QED) is 0.152. The molecule has 0 amide bonds. The summed E-state index contributed by atoms with van der Waals surface area (Å²) in [5.41, 5.74) is 2.65. The zero-order valence-corrected chi connectivity index (χ0v) is 24.0. The maximum Gasteiger partial charge on any atom is 0.314 e. The maximum absolute atomic E-state index is 12.8. The predicted molar refractivity (Wildman–Crippen MR) is 161 cm³/mol. The van der Waals surface area contributed by atoms with Gasteiger partial charge in [-0.3, -0.25) is 4.79 Å². The molecule has 4 aromatic carbocycles. The van der Waals surface area contributed by atoms with Crippen LogP contribution in [0.25, 0.3) is 21.5 Å². The normalized spacial score (nSPS) is 25.6. The Bertz CT molecular complexity index is 1540. The molecule has 1 N–H and O–H groups in total. The highest BCUT2D eigenvalue weighted by atomic mass is 16.6. The van der Waals surface area contributed by atoms with Crippen molar-refractivity contribution in [1.29, 1.82) is 0 Å². The molecule has 7 unspecified atom stereocenters. The van der Waals surface area contributed by atoms with Gasteiger partial charge in [0.2, 0.25) is 0 Å². The standard InChI is InChI=1S/C22H24O3.C14H16O/c1-3-12(2)14-6-4-8-16-15(14)7-5-9-19(16)24-22(23)18-11-13-10-17(18)21-20(13)25-21;1-3-10(2)11-6-4-8-13-12(11)7-5-9-14(13)15/h4-9,12-13,17-18,20-21H,3,10-11H2,1-2H3;4-10,15H,3H2,1-2H3. The van der Waals surface area contributed by atoms with Crippen molar-refractivity contribution in [3.05, 3.63) is 83.9 Å². The van der Waals surface area contributed by atoms with Crippen molar-refractivity contribution in [3.8, 4) is 11.5 Å². The summed E-state index contributed by atoms with van der Waals surface area (Å²) in [6, 6.07) is 24.2. The molecule has 1 heterocycles. The van der Waals surface area contributed by atoms with Gasteiger partial charge < -0.3 is 14.6 Å². The van der Waals surface area contributed by atoms with Crippen LogP contribution in [-0.4, -0.2) is 23.3 Å². The van der Waals surface area contributed by atoms with E-state index in [1.165, 1.54) is 21.9 Å². The van der Waals surface area contributed by atoms with Gasteiger partial charge in [0, 0.05) is 16.7 Å². The highest BCUT2D eigenvalue weighted by Gasteiger charge is 2.65. The molecule has 4 nitrogen and oxygen atoms in total. The molecule has 7 rings (SSSR count). The smallest absolute Gasteiger partial charge is 0.314 e. The van der Waals surface area contributed by atoms with Gasteiger partial charge in [-0.2, -0.15) is 0 Å². The molecule has 0 radical (unpaired) electrons. The van der Waals surface area contributed by atoms with Crippen LogP contribution in [0.2, 0.25) is 0 Å². The monoisotopic (exact) mass is 536 g/mol. The molecule has 1 saturated heterocycles. The number of phenolic OH excluding ortho intramolecular Hbond substituents is 1. The molecule has 3 fully saturated rings. The number of hydrogen-bond acceptors (Lipinski definition) is 4. The highest BCUT2D eigenvalue weighted by molar-refractivity contribution is 5.93. The number of phenols is 1. The first-order valence-electron chi connectivity index (χ1n) is 15.0. The van der Waals surface area contributed by atoms with E-state index in [1.54, 1.807) is 6.07 Å². The molecular formula is C36H40O4. The van der Waals surface area contributed by atoms with Crippen LogP contribution in [-0.2, 0) is 9.53 Å². The number of esters is 1. The number of aromatic hydroxyl groups is 1. The number of ether oxygens (including phenoxy) is 2. The Balaban J connectivity index is 0.000000165. The summed E-state index contributed by atoms with van der Waals surface area (Å²) in [7, 11) is 0. The van der Waals surface area contributed by atoms with Gasteiger partial charge in [-0.15, -0.1) is 0 Å². The number of carbonyl (C=O) groups is 1. The number of carbonyl (C=O) groups excluding carboxylic acids is 1. The number of fused-ring (bicyclic) bond motifs is 7. The second kappa shape index (κ2) is 10.9. The topological polar surface area (TPSA) is 59.1 Å². The van der Waals surface area contributed by atoms with Crippen molar-refractivity contribution in [1.82, 2.24) is 0 Å². The van der Waals surface area contributed by atoms with Crippen LogP contribution in [0.1, 0.15) is 76.3 Å². The average Bonchev–Trinajstić information content (AvgIpc) is 3.58. The maximum atomic E-state index is 12.8. The van der Waals surface area contributed by atoms with Crippen LogP contribution >= 0.6 is 0 Å². The van der Waals surface area contributed by atoms with Gasteiger partial charge in [0.05, 0.1) is 18.1 Å². The Morgan fingerprint density at radius 3 is 2.00 bits per heavy atom. The average molecular weight is 537 g/mol. The lowest BCUT2D eigenvalue weighted by Gasteiger charge is -2.19. The summed E-state index contributed by atoms with van der Waals surface area (Å²) in [4.78, 5) is 12.8. The van der Waals surface area contributed by atoms with Gasteiger partial charge in [-0.25, -0.2) is 0 Å². The lowest BCUT2D eigenvalue weighted by atomic mass is 9.89. The van der Waals surface area contributed by atoms with Crippen molar-refractivity contribution in [2.45, 2.75) is 77.4 Å². The number of hydrogen-bond donors (Lipinski definition) is 1. The lowest BCUT2D eigenvalue weighted by molar-refractivity contribution is -0.140. The minimum atomic E-state index is -0.0668. The van der Waals surface area contributed by atoms with E-state index in [0.717, 1.165) is 36.5 Å². The van der Waals surface area contributed by atoms with Crippen molar-refractivity contribution in [2.75, 3.05) is 0 Å². The molecule has 1 aliphatic heterocycles. The molecule has 7 atom stereocenters. The van der Waals surface area contributed by atoms with E-state index in [2.05, 4.69) is 64.1 Å². The fraction of sp³-hybridized carbons (Fsp3) is 0.417. The summed E-state index contributed by atoms with van der Waals surface area (Å²) >= 11 is 0. The van der Waals surface area contributed by atoms with E-state index in [9.17, 15) is 9.90 Å². The van der Waals surface area contributed by atoms with E-state index in [1.807, 2.05) is 30.3 Å². The molecule has 2 aliphatic carbocycles. The van der Waals surface area contributed by atoms with Gasteiger partial charge in [0.15, 0.2) is 0 Å². The third-order valence-electron chi connectivity index (χ3n) is 9.74. The Labute approximate surface area is 237 Å². The zero-order chi connectivity index (χ0) is 28.0. The summed E-state index contributed by atoms with van der Waals surface area (Å²) < 4.78 is 11.6. The molecule has 2 bridgehead atoms. The van der Waals surface area contributed by atoms with Gasteiger partial charge in [0.1, 0.15) is 11.5 Å². The number of epoxide rings is 1. The second-order valence-electron chi connectivity index (χ2n) is 12.0. The van der Waals surface area contributed by atoms with Crippen molar-refractivity contribution in [3.63, 3.8) is 0 Å². The van der Waals surface area contributed by atoms with E-state index in [0.29, 0.717) is 47.4 Å². The molecular weight excluding hydrogens is 496 g/mol. The van der Waals surface area contributed by atoms with Crippen LogP contribution in [0.15, 0.2) is 72.8 Å². The minimum Gasteiger partial charge on any atom is -0.507 e. The van der Waals surface area contributed by atoms with Crippen molar-refractivity contribution in [2.24, 2.45) is 17.8 Å². The first-order valence-corrected chi connectivity index (χ1v) is 15.0. The third kappa shape index (κ3) is 4.77. The van der Waals surface area contributed by atoms with Crippen LogP contribution in [0.3, 0.4) is 0 Å². The molecule has 4 heteroatoms. The Morgan fingerprint density at radius 2 is 1.38 bits per heavy atom. The molecule has 3 aliphatic rings. The molecule has 0 spiro atoms. The van der Waals surface area contributed by atoms with Gasteiger partial charge in [0.25, 0.3) is 0 Å². The zero-order valence-electron chi connectivity index (χ0n) is 24.0. The Morgan fingerprint density at radius 1 is 0.800 bits per heavy atom. The summed E-state index contributed by atoms with van der Waals surface area (Å²) in [6.07, 6.45) is 5.08. The fourth-order valence-electron chi connectivity index (χ4n) is 7.07. The molecule has 2 saturated carbocycles. The molecule has 0 aromatic heterocycles. The fourth-order valence-corrected chi connectivity index (χ4v) is 7.07. The Hall–Kier alpha value is -3.37.